The molecule has 0 saturated heterocycles. The monoisotopic (exact) mass is 346 g/mol. The number of benzene rings is 1. The number of rotatable bonds is 7. The molecule has 114 valence electrons. The highest BCUT2D eigenvalue weighted by atomic mass is 35.5. The minimum absolute atomic E-state index is 0.0549. The minimum Gasteiger partial charge on any atom is -0.481 e. The number of carboxylic acids is 1. The van der Waals surface area contributed by atoms with Gasteiger partial charge in [0.05, 0.1) is 16.3 Å². The van der Waals surface area contributed by atoms with Gasteiger partial charge in [-0.05, 0) is 18.6 Å². The molecule has 1 aromatic heterocycles. The van der Waals surface area contributed by atoms with E-state index in [1.807, 2.05) is 16.7 Å². The highest BCUT2D eigenvalue weighted by molar-refractivity contribution is 7.99. The van der Waals surface area contributed by atoms with Gasteiger partial charge in [0.2, 0.25) is 0 Å². The number of aliphatic carboxylic acids is 1. The smallest absolute Gasteiger partial charge is 0.313 e. The number of hydrogen-bond acceptors (Lipinski definition) is 4. The number of imidazole rings is 1. The number of nitrogens with zero attached hydrogens (tertiary/aromatic N) is 2. The highest BCUT2D eigenvalue weighted by Gasteiger charge is 2.14. The molecule has 8 heteroatoms. The summed E-state index contributed by atoms with van der Waals surface area (Å²) in [5.41, 5.74) is 1.54. The third-order valence-electron chi connectivity index (χ3n) is 2.83. The maximum Gasteiger partial charge on any atom is 0.313 e. The van der Waals surface area contributed by atoms with Crippen molar-refractivity contribution in [3.63, 3.8) is 0 Å². The quantitative estimate of drug-likeness (QED) is 0.780. The van der Waals surface area contributed by atoms with E-state index in [9.17, 15) is 9.00 Å². The van der Waals surface area contributed by atoms with Crippen molar-refractivity contribution in [2.24, 2.45) is 0 Å². The SMILES string of the molecule is CS(=O)CCCn1c(SCC(=O)O)nc2c(Cl)cccc21. The molecule has 5 nitrogen and oxygen atoms in total. The van der Waals surface area contributed by atoms with Crippen LogP contribution < -0.4 is 0 Å². The standard InChI is InChI=1S/C13H15ClN2O3S2/c1-21(19)7-3-6-16-10-5-2-4-9(14)12(10)15-13(16)20-8-11(17)18/h2,4-5H,3,6-8H2,1H3,(H,17,18). The Labute approximate surface area is 134 Å². The molecule has 0 aliphatic carbocycles. The van der Waals surface area contributed by atoms with Gasteiger partial charge in [0.15, 0.2) is 5.16 Å². The molecule has 0 amide bonds. The Bertz CT molecular complexity index is 687. The van der Waals surface area contributed by atoms with E-state index in [4.69, 9.17) is 16.7 Å². The van der Waals surface area contributed by atoms with Gasteiger partial charge in [0, 0.05) is 29.4 Å². The molecule has 1 atom stereocenters. The Morgan fingerprint density at radius 2 is 2.29 bits per heavy atom. The first-order chi connectivity index (χ1) is 9.99. The molecule has 2 rings (SSSR count). The first-order valence-corrected chi connectivity index (χ1v) is 9.37. The van der Waals surface area contributed by atoms with E-state index in [0.29, 0.717) is 28.0 Å². The van der Waals surface area contributed by atoms with Crippen LogP contribution in [-0.2, 0) is 22.1 Å². The molecule has 0 aliphatic rings. The van der Waals surface area contributed by atoms with Crippen molar-refractivity contribution in [2.45, 2.75) is 18.1 Å². The van der Waals surface area contributed by atoms with Crippen LogP contribution >= 0.6 is 23.4 Å². The number of aryl methyl sites for hydroxylation is 1. The Morgan fingerprint density at radius 1 is 1.52 bits per heavy atom. The summed E-state index contributed by atoms with van der Waals surface area (Å²) in [5, 5.41) is 9.99. The summed E-state index contributed by atoms with van der Waals surface area (Å²) < 4.78 is 13.1. The molecular formula is C13H15ClN2O3S2. The normalized spacial score (nSPS) is 12.7. The van der Waals surface area contributed by atoms with Gasteiger partial charge in [-0.1, -0.05) is 29.4 Å². The molecule has 1 unspecified atom stereocenters. The predicted molar refractivity (Wildman–Crippen MR) is 86.7 cm³/mol. The topological polar surface area (TPSA) is 72.2 Å². The Balaban J connectivity index is 2.32. The Hall–Kier alpha value is -1.05. The van der Waals surface area contributed by atoms with Gasteiger partial charge in [-0.3, -0.25) is 9.00 Å². The molecule has 0 spiro atoms. The van der Waals surface area contributed by atoms with E-state index in [2.05, 4.69) is 4.98 Å². The van der Waals surface area contributed by atoms with Crippen molar-refractivity contribution in [1.29, 1.82) is 0 Å². The molecule has 1 N–H and O–H groups in total. The van der Waals surface area contributed by atoms with Crippen LogP contribution in [0.5, 0.6) is 0 Å². The maximum atomic E-state index is 11.2. The first kappa shape index (κ1) is 16.3. The fourth-order valence-corrected chi connectivity index (χ4v) is 3.47. The summed E-state index contributed by atoms with van der Waals surface area (Å²) >= 11 is 7.31. The number of hydrogen-bond donors (Lipinski definition) is 1. The molecule has 21 heavy (non-hydrogen) atoms. The largest absolute Gasteiger partial charge is 0.481 e. The number of aromatic nitrogens is 2. The molecule has 0 aliphatic heterocycles. The van der Waals surface area contributed by atoms with Crippen molar-refractivity contribution >= 4 is 51.2 Å². The van der Waals surface area contributed by atoms with E-state index < -0.39 is 16.8 Å². The molecular weight excluding hydrogens is 332 g/mol. The predicted octanol–water partition coefficient (Wildman–Crippen LogP) is 2.64. The van der Waals surface area contributed by atoms with Crippen LogP contribution in [0.1, 0.15) is 6.42 Å². The Kier molecular flexibility index (Phi) is 5.66. The van der Waals surface area contributed by atoms with Crippen LogP contribution in [0.3, 0.4) is 0 Å². The summed E-state index contributed by atoms with van der Waals surface area (Å²) in [6.45, 7) is 0.637. The molecule has 1 aromatic carbocycles. The van der Waals surface area contributed by atoms with Crippen LogP contribution in [0.2, 0.25) is 5.02 Å². The summed E-state index contributed by atoms with van der Waals surface area (Å²) in [7, 11) is -0.844. The third kappa shape index (κ3) is 4.21. The number of para-hydroxylation sites is 1. The number of halogens is 1. The van der Waals surface area contributed by atoms with Crippen LogP contribution in [-0.4, -0.2) is 42.6 Å². The summed E-state index contributed by atoms with van der Waals surface area (Å²) in [5.74, 6) is -0.344. The second-order valence-electron chi connectivity index (χ2n) is 4.47. The van der Waals surface area contributed by atoms with E-state index in [-0.39, 0.29) is 5.75 Å². The van der Waals surface area contributed by atoms with Gasteiger partial charge in [-0.2, -0.15) is 0 Å². The van der Waals surface area contributed by atoms with Crippen LogP contribution in [0.15, 0.2) is 23.4 Å². The maximum absolute atomic E-state index is 11.2. The average Bonchev–Trinajstić information content (AvgIpc) is 2.76. The summed E-state index contributed by atoms with van der Waals surface area (Å²) in [6.07, 6.45) is 2.41. The van der Waals surface area contributed by atoms with Gasteiger partial charge in [-0.25, -0.2) is 4.98 Å². The fraction of sp³-hybridized carbons (Fsp3) is 0.385. The van der Waals surface area contributed by atoms with Crippen LogP contribution in [0, 0.1) is 0 Å². The van der Waals surface area contributed by atoms with Crippen molar-refractivity contribution in [2.75, 3.05) is 17.8 Å². The number of fused-ring (bicyclic) bond motifs is 1. The van der Waals surface area contributed by atoms with E-state index in [1.54, 1.807) is 12.3 Å². The zero-order valence-electron chi connectivity index (χ0n) is 11.4. The number of carbonyl (C=O) groups is 1. The molecule has 0 radical (unpaired) electrons. The van der Waals surface area contributed by atoms with Crippen molar-refractivity contribution in [1.82, 2.24) is 9.55 Å². The fourth-order valence-electron chi connectivity index (χ4n) is 1.97. The molecule has 0 saturated carbocycles. The van der Waals surface area contributed by atoms with Crippen molar-refractivity contribution in [3.05, 3.63) is 23.2 Å². The van der Waals surface area contributed by atoms with Crippen molar-refractivity contribution in [3.8, 4) is 0 Å². The molecule has 0 fully saturated rings. The lowest BCUT2D eigenvalue weighted by molar-refractivity contribution is -0.133. The van der Waals surface area contributed by atoms with Gasteiger partial charge < -0.3 is 9.67 Å². The molecule has 0 bridgehead atoms. The van der Waals surface area contributed by atoms with Gasteiger partial charge in [-0.15, -0.1) is 0 Å². The summed E-state index contributed by atoms with van der Waals surface area (Å²) in [6, 6.07) is 5.50. The Morgan fingerprint density at radius 3 is 2.95 bits per heavy atom. The zero-order chi connectivity index (χ0) is 15.4. The average molecular weight is 347 g/mol. The minimum atomic E-state index is -0.889. The number of thioether (sulfide) groups is 1. The van der Waals surface area contributed by atoms with Gasteiger partial charge in [0.1, 0.15) is 5.52 Å². The lowest BCUT2D eigenvalue weighted by Crippen LogP contribution is -2.06. The van der Waals surface area contributed by atoms with Crippen molar-refractivity contribution < 1.29 is 14.1 Å². The second-order valence-corrected chi connectivity index (χ2v) is 7.37. The molecule has 1 heterocycles. The highest BCUT2D eigenvalue weighted by Crippen LogP contribution is 2.28. The van der Waals surface area contributed by atoms with Gasteiger partial charge in [0.25, 0.3) is 0 Å². The second kappa shape index (κ2) is 7.29. The van der Waals surface area contributed by atoms with Crippen LogP contribution in [0.25, 0.3) is 11.0 Å². The third-order valence-corrected chi connectivity index (χ3v) is 4.96. The zero-order valence-corrected chi connectivity index (χ0v) is 13.8. The number of carboxylic acid groups (broad SMARTS) is 1. The molecule has 2 aromatic rings. The summed E-state index contributed by atoms with van der Waals surface area (Å²) in [4.78, 5) is 15.2. The first-order valence-electron chi connectivity index (χ1n) is 6.28. The van der Waals surface area contributed by atoms with E-state index in [1.165, 1.54) is 11.8 Å². The van der Waals surface area contributed by atoms with Gasteiger partial charge >= 0.3 is 5.97 Å². The van der Waals surface area contributed by atoms with E-state index >= 15 is 0 Å². The van der Waals surface area contributed by atoms with Crippen LogP contribution in [0.4, 0.5) is 0 Å². The lowest BCUT2D eigenvalue weighted by Gasteiger charge is -2.07. The van der Waals surface area contributed by atoms with E-state index in [0.717, 1.165) is 11.9 Å². The lowest BCUT2D eigenvalue weighted by atomic mass is 10.3.